The number of hydrogen-bond donors (Lipinski definition) is 3. The number of anilines is 1. The van der Waals surface area contributed by atoms with Crippen LogP contribution < -0.4 is 36.0 Å². The Bertz CT molecular complexity index is 1100. The van der Waals surface area contributed by atoms with Crippen LogP contribution in [0, 0.1) is 0 Å². The van der Waals surface area contributed by atoms with Crippen LogP contribution in [0.25, 0.3) is 11.1 Å². The van der Waals surface area contributed by atoms with E-state index in [-0.39, 0.29) is 17.4 Å². The zero-order chi connectivity index (χ0) is 25.4. The molecule has 8 heteroatoms. The van der Waals surface area contributed by atoms with Crippen molar-refractivity contribution in [1.82, 2.24) is 5.32 Å². The number of carbonyl (C=O) groups is 1. The number of methoxy groups -OCH3 is 3. The van der Waals surface area contributed by atoms with Gasteiger partial charge in [0.2, 0.25) is 17.1 Å². The zero-order valence-electron chi connectivity index (χ0n) is 21.2. The monoisotopic (exact) mass is 483 g/mol. The summed E-state index contributed by atoms with van der Waals surface area (Å²) in [5, 5.41) is 6.32. The molecular weight excluding hydrogens is 446 g/mol. The summed E-state index contributed by atoms with van der Waals surface area (Å²) in [4.78, 5) is 25.3. The maximum atomic E-state index is 13.2. The van der Waals surface area contributed by atoms with E-state index in [1.54, 1.807) is 27.4 Å². The van der Waals surface area contributed by atoms with Crippen molar-refractivity contribution < 1.29 is 19.0 Å². The first-order chi connectivity index (χ1) is 16.9. The number of amides is 1. The van der Waals surface area contributed by atoms with Crippen molar-refractivity contribution >= 4 is 11.6 Å². The quantitative estimate of drug-likeness (QED) is 0.417. The predicted octanol–water partition coefficient (Wildman–Crippen LogP) is 3.79. The average Bonchev–Trinajstić information content (AvgIpc) is 3.09. The van der Waals surface area contributed by atoms with Crippen LogP contribution in [0.5, 0.6) is 17.2 Å². The highest BCUT2D eigenvalue weighted by atomic mass is 16.5. The third kappa shape index (κ3) is 6.06. The molecule has 2 aromatic carbocycles. The van der Waals surface area contributed by atoms with Gasteiger partial charge in [0.1, 0.15) is 0 Å². The maximum absolute atomic E-state index is 13.2. The summed E-state index contributed by atoms with van der Waals surface area (Å²) in [6.07, 6.45) is 5.41. The van der Waals surface area contributed by atoms with Crippen LogP contribution in [0.1, 0.15) is 56.2 Å². The Morgan fingerprint density at radius 3 is 2.43 bits per heavy atom. The molecule has 0 aromatic heterocycles. The molecule has 0 heterocycles. The first-order valence-corrected chi connectivity index (χ1v) is 12.2. The molecule has 1 amide bonds. The summed E-state index contributed by atoms with van der Waals surface area (Å²) in [6, 6.07) is 7.01. The van der Waals surface area contributed by atoms with Crippen molar-refractivity contribution in [3.8, 4) is 28.4 Å². The Hall–Kier alpha value is -3.26. The number of unbranched alkanes of at least 4 members (excludes halogenated alkanes) is 3. The van der Waals surface area contributed by atoms with Crippen LogP contribution >= 0.6 is 0 Å². The van der Waals surface area contributed by atoms with Crippen molar-refractivity contribution in [1.29, 1.82) is 0 Å². The number of fused-ring (bicyclic) bond motifs is 3. The number of aryl methyl sites for hydroxylation is 1. The van der Waals surface area contributed by atoms with Gasteiger partial charge in [-0.25, -0.2) is 0 Å². The summed E-state index contributed by atoms with van der Waals surface area (Å²) >= 11 is 0. The molecule has 190 valence electrons. The standard InChI is InChI=1S/C27H37N3O5/c1-17(31)30-21-11-9-18-15-24(33-2)26(34-3)27(35-4)25(18)19-10-12-22(23(32)16-20(19)21)29-14-8-6-5-7-13-28/h10,12,15-16,21H,5-9,11,13-14,28H2,1-4H3,(H,29,32)(H,30,31)/t21-/m0/s1. The van der Waals surface area contributed by atoms with Gasteiger partial charge in [0.05, 0.1) is 33.1 Å². The topological polar surface area (TPSA) is 112 Å². The zero-order valence-corrected chi connectivity index (χ0v) is 21.2. The first kappa shape index (κ1) is 26.3. The van der Waals surface area contributed by atoms with Gasteiger partial charge in [-0.2, -0.15) is 0 Å². The fourth-order valence-corrected chi connectivity index (χ4v) is 4.70. The summed E-state index contributed by atoms with van der Waals surface area (Å²) in [6.45, 7) is 2.90. The molecule has 0 aliphatic heterocycles. The van der Waals surface area contributed by atoms with Gasteiger partial charge in [-0.1, -0.05) is 18.9 Å². The Labute approximate surface area is 207 Å². The molecule has 3 rings (SSSR count). The van der Waals surface area contributed by atoms with Crippen LogP contribution in [0.4, 0.5) is 5.69 Å². The van der Waals surface area contributed by atoms with Crippen LogP contribution in [0.15, 0.2) is 29.1 Å². The minimum Gasteiger partial charge on any atom is -0.493 e. The van der Waals surface area contributed by atoms with Gasteiger partial charge in [-0.3, -0.25) is 9.59 Å². The molecule has 1 aliphatic carbocycles. The van der Waals surface area contributed by atoms with E-state index in [1.165, 1.54) is 6.92 Å². The molecule has 0 saturated carbocycles. The minimum absolute atomic E-state index is 0.119. The number of rotatable bonds is 11. The van der Waals surface area contributed by atoms with Crippen molar-refractivity contribution in [3.63, 3.8) is 0 Å². The van der Waals surface area contributed by atoms with E-state index >= 15 is 0 Å². The molecular formula is C27H37N3O5. The highest BCUT2D eigenvalue weighted by molar-refractivity contribution is 5.83. The van der Waals surface area contributed by atoms with E-state index in [2.05, 4.69) is 10.6 Å². The lowest BCUT2D eigenvalue weighted by Crippen LogP contribution is -2.26. The average molecular weight is 484 g/mol. The maximum Gasteiger partial charge on any atom is 0.217 e. The lowest BCUT2D eigenvalue weighted by molar-refractivity contribution is -0.119. The molecule has 0 spiro atoms. The van der Waals surface area contributed by atoms with Crippen molar-refractivity contribution in [2.75, 3.05) is 39.7 Å². The van der Waals surface area contributed by atoms with Crippen LogP contribution in [0.3, 0.4) is 0 Å². The Balaban J connectivity index is 2.12. The summed E-state index contributed by atoms with van der Waals surface area (Å²) in [7, 11) is 4.75. The van der Waals surface area contributed by atoms with Crippen LogP contribution in [-0.4, -0.2) is 40.3 Å². The van der Waals surface area contributed by atoms with E-state index < -0.39 is 0 Å². The number of benzene rings is 1. The third-order valence-corrected chi connectivity index (χ3v) is 6.36. The third-order valence-electron chi connectivity index (χ3n) is 6.36. The van der Waals surface area contributed by atoms with Gasteiger partial charge >= 0.3 is 0 Å². The molecule has 0 radical (unpaired) electrons. The van der Waals surface area contributed by atoms with E-state index in [0.717, 1.165) is 47.9 Å². The summed E-state index contributed by atoms with van der Waals surface area (Å²) < 4.78 is 17.0. The second-order valence-electron chi connectivity index (χ2n) is 8.73. The number of nitrogens with two attached hydrogens (primary N) is 1. The van der Waals surface area contributed by atoms with Gasteiger partial charge in [-0.15, -0.1) is 0 Å². The highest BCUT2D eigenvalue weighted by Gasteiger charge is 2.29. The van der Waals surface area contributed by atoms with Gasteiger partial charge in [0.15, 0.2) is 11.5 Å². The molecule has 4 N–H and O–H groups in total. The smallest absolute Gasteiger partial charge is 0.217 e. The van der Waals surface area contributed by atoms with E-state index in [9.17, 15) is 9.59 Å². The number of ether oxygens (including phenoxy) is 3. The van der Waals surface area contributed by atoms with Crippen molar-refractivity contribution in [2.24, 2.45) is 5.73 Å². The fourth-order valence-electron chi connectivity index (χ4n) is 4.70. The minimum atomic E-state index is -0.319. The van der Waals surface area contributed by atoms with Gasteiger partial charge < -0.3 is 30.6 Å². The van der Waals surface area contributed by atoms with Crippen LogP contribution in [-0.2, 0) is 11.2 Å². The van der Waals surface area contributed by atoms with Crippen molar-refractivity contribution in [2.45, 2.75) is 51.5 Å². The molecule has 2 aromatic rings. The molecule has 8 nitrogen and oxygen atoms in total. The van der Waals surface area contributed by atoms with E-state index in [1.807, 2.05) is 18.2 Å². The Kier molecular flexibility index (Phi) is 9.37. The van der Waals surface area contributed by atoms with E-state index in [4.69, 9.17) is 19.9 Å². The Morgan fingerprint density at radius 1 is 1.03 bits per heavy atom. The van der Waals surface area contributed by atoms with Gasteiger partial charge in [0, 0.05) is 19.0 Å². The molecule has 1 atom stereocenters. The number of hydrogen-bond acceptors (Lipinski definition) is 7. The summed E-state index contributed by atoms with van der Waals surface area (Å²) in [5.74, 6) is 1.45. The number of nitrogens with one attached hydrogen (secondary N) is 2. The fraction of sp³-hybridized carbons (Fsp3) is 0.481. The molecule has 0 saturated heterocycles. The van der Waals surface area contributed by atoms with E-state index in [0.29, 0.717) is 48.9 Å². The normalized spacial score (nSPS) is 14.3. The second-order valence-corrected chi connectivity index (χ2v) is 8.73. The van der Waals surface area contributed by atoms with Gasteiger partial charge in [-0.05, 0) is 67.1 Å². The SMILES string of the molecule is COc1cc2c(c(OC)c1OC)-c1ccc(NCCCCCCN)c(=O)cc1[C@@H](NC(C)=O)CC2. The first-order valence-electron chi connectivity index (χ1n) is 12.2. The molecule has 0 bridgehead atoms. The lowest BCUT2D eigenvalue weighted by atomic mass is 9.95. The lowest BCUT2D eigenvalue weighted by Gasteiger charge is -2.19. The largest absolute Gasteiger partial charge is 0.493 e. The molecule has 0 fully saturated rings. The molecule has 1 aliphatic rings. The van der Waals surface area contributed by atoms with Gasteiger partial charge in [0.25, 0.3) is 0 Å². The highest BCUT2D eigenvalue weighted by Crippen LogP contribution is 2.50. The molecule has 0 unspecified atom stereocenters. The second kappa shape index (κ2) is 12.4. The Morgan fingerprint density at radius 2 is 1.77 bits per heavy atom. The van der Waals surface area contributed by atoms with Crippen LogP contribution in [0.2, 0.25) is 0 Å². The number of carbonyl (C=O) groups excluding carboxylic acids is 1. The predicted molar refractivity (Wildman–Crippen MR) is 139 cm³/mol. The summed E-state index contributed by atoms with van der Waals surface area (Å²) in [5.41, 5.74) is 9.39. The van der Waals surface area contributed by atoms with Crippen molar-refractivity contribution in [3.05, 3.63) is 45.6 Å². The molecule has 35 heavy (non-hydrogen) atoms.